The Kier molecular flexibility index (Phi) is 7.22. The average molecular weight is 447 g/mol. The number of hydrogen-bond acceptors (Lipinski definition) is 6. The van der Waals surface area contributed by atoms with E-state index in [1.807, 2.05) is 6.92 Å². The minimum absolute atomic E-state index is 0.0131. The first-order valence-electron chi connectivity index (χ1n) is 10.7. The zero-order valence-corrected chi connectivity index (χ0v) is 18.4. The SMILES string of the molecule is CC[C@@H](C)[C@H](NC(=O)[C@H](C)NC(=O)[C@H]1CC(=O)N(c2ccc3c(c2)OCCO3)C1)C(=O)O. The van der Waals surface area contributed by atoms with Crippen molar-refractivity contribution >= 4 is 29.4 Å². The number of hydrogen-bond donors (Lipinski definition) is 3. The molecule has 4 atom stereocenters. The molecular formula is C22H29N3O7. The third kappa shape index (κ3) is 5.12. The van der Waals surface area contributed by atoms with Gasteiger partial charge in [0.15, 0.2) is 11.5 Å². The molecule has 174 valence electrons. The highest BCUT2D eigenvalue weighted by atomic mass is 16.6. The number of nitrogens with zero attached hydrogens (tertiary/aromatic N) is 1. The van der Waals surface area contributed by atoms with E-state index in [4.69, 9.17) is 9.47 Å². The summed E-state index contributed by atoms with van der Waals surface area (Å²) in [5.74, 6) is -2.08. The van der Waals surface area contributed by atoms with Gasteiger partial charge in [0.05, 0.1) is 5.92 Å². The topological polar surface area (TPSA) is 134 Å². The van der Waals surface area contributed by atoms with Crippen molar-refractivity contribution in [3.8, 4) is 11.5 Å². The predicted octanol–water partition coefficient (Wildman–Crippen LogP) is 0.931. The molecule has 3 N–H and O–H groups in total. The van der Waals surface area contributed by atoms with Crippen LogP contribution in [-0.2, 0) is 19.2 Å². The molecule has 1 aromatic rings. The van der Waals surface area contributed by atoms with Crippen LogP contribution in [0.2, 0.25) is 0 Å². The maximum absolute atomic E-state index is 12.7. The molecule has 0 spiro atoms. The molecule has 0 unspecified atom stereocenters. The number of carbonyl (C=O) groups excluding carboxylic acids is 3. The van der Waals surface area contributed by atoms with Gasteiger partial charge in [-0.15, -0.1) is 0 Å². The smallest absolute Gasteiger partial charge is 0.326 e. The third-order valence-corrected chi connectivity index (χ3v) is 5.86. The Hall–Kier alpha value is -3.30. The molecule has 1 aromatic carbocycles. The number of ether oxygens (including phenoxy) is 2. The standard InChI is InChI=1S/C22H29N3O7/c1-4-12(2)19(22(29)30)24-20(27)13(3)23-21(28)14-9-18(26)25(11-14)15-5-6-16-17(10-15)32-8-7-31-16/h5-6,10,12-14,19H,4,7-9,11H2,1-3H3,(H,23,28)(H,24,27)(H,29,30)/t12-,13+,14+,19+/m1/s1. The highest BCUT2D eigenvalue weighted by Gasteiger charge is 2.37. The maximum Gasteiger partial charge on any atom is 0.326 e. The minimum Gasteiger partial charge on any atom is -0.486 e. The van der Waals surface area contributed by atoms with Crippen molar-refractivity contribution in [1.82, 2.24) is 10.6 Å². The molecule has 10 nitrogen and oxygen atoms in total. The van der Waals surface area contributed by atoms with Gasteiger partial charge in [-0.2, -0.15) is 0 Å². The van der Waals surface area contributed by atoms with Crippen LogP contribution < -0.4 is 25.0 Å². The molecule has 0 bridgehead atoms. The molecule has 0 saturated carbocycles. The van der Waals surface area contributed by atoms with Crippen molar-refractivity contribution in [2.45, 2.75) is 45.7 Å². The molecule has 2 aliphatic rings. The summed E-state index contributed by atoms with van der Waals surface area (Å²) in [4.78, 5) is 50.6. The Morgan fingerprint density at radius 3 is 2.50 bits per heavy atom. The Balaban J connectivity index is 1.59. The lowest BCUT2D eigenvalue weighted by molar-refractivity contribution is -0.143. The van der Waals surface area contributed by atoms with Gasteiger partial charge in [0.1, 0.15) is 25.3 Å². The van der Waals surface area contributed by atoms with Crippen LogP contribution in [0.1, 0.15) is 33.6 Å². The normalized spacial score (nSPS) is 20.3. The van der Waals surface area contributed by atoms with E-state index in [-0.39, 0.29) is 24.8 Å². The number of anilines is 1. The second-order valence-corrected chi connectivity index (χ2v) is 8.17. The Morgan fingerprint density at radius 1 is 1.16 bits per heavy atom. The van der Waals surface area contributed by atoms with Crippen LogP contribution in [0, 0.1) is 11.8 Å². The molecule has 0 aliphatic carbocycles. The molecule has 0 aromatic heterocycles. The van der Waals surface area contributed by atoms with Crippen molar-refractivity contribution in [1.29, 1.82) is 0 Å². The van der Waals surface area contributed by atoms with E-state index >= 15 is 0 Å². The van der Waals surface area contributed by atoms with E-state index in [0.717, 1.165) is 0 Å². The van der Waals surface area contributed by atoms with Crippen LogP contribution in [0.3, 0.4) is 0 Å². The number of carboxylic acid groups (broad SMARTS) is 1. The van der Waals surface area contributed by atoms with Crippen LogP contribution in [0.4, 0.5) is 5.69 Å². The van der Waals surface area contributed by atoms with E-state index in [9.17, 15) is 24.3 Å². The van der Waals surface area contributed by atoms with Gasteiger partial charge in [0, 0.05) is 24.7 Å². The number of aliphatic carboxylic acids is 1. The average Bonchev–Trinajstić information content (AvgIpc) is 3.17. The molecule has 3 amide bonds. The number of carbonyl (C=O) groups is 4. The number of nitrogens with one attached hydrogen (secondary N) is 2. The van der Waals surface area contributed by atoms with Gasteiger partial charge in [0.2, 0.25) is 17.7 Å². The van der Waals surface area contributed by atoms with Gasteiger partial charge in [-0.3, -0.25) is 14.4 Å². The zero-order valence-electron chi connectivity index (χ0n) is 18.4. The second kappa shape index (κ2) is 9.88. The van der Waals surface area contributed by atoms with Crippen LogP contribution in [0.15, 0.2) is 18.2 Å². The largest absolute Gasteiger partial charge is 0.486 e. The van der Waals surface area contributed by atoms with Crippen molar-refractivity contribution in [3.05, 3.63) is 18.2 Å². The van der Waals surface area contributed by atoms with Crippen LogP contribution >= 0.6 is 0 Å². The van der Waals surface area contributed by atoms with Crippen LogP contribution in [0.5, 0.6) is 11.5 Å². The third-order valence-electron chi connectivity index (χ3n) is 5.86. The van der Waals surface area contributed by atoms with E-state index in [2.05, 4.69) is 10.6 Å². The molecule has 0 radical (unpaired) electrons. The molecule has 1 saturated heterocycles. The lowest BCUT2D eigenvalue weighted by atomic mass is 9.99. The van der Waals surface area contributed by atoms with Crippen LogP contribution in [-0.4, -0.2) is 60.6 Å². The Labute approximate surface area is 186 Å². The van der Waals surface area contributed by atoms with Gasteiger partial charge in [0.25, 0.3) is 0 Å². The van der Waals surface area contributed by atoms with E-state index < -0.39 is 35.8 Å². The monoisotopic (exact) mass is 447 g/mol. The highest BCUT2D eigenvalue weighted by Crippen LogP contribution is 2.36. The fourth-order valence-electron chi connectivity index (χ4n) is 3.69. The molecule has 2 aliphatic heterocycles. The summed E-state index contributed by atoms with van der Waals surface area (Å²) in [6.07, 6.45) is 0.594. The second-order valence-electron chi connectivity index (χ2n) is 8.17. The van der Waals surface area contributed by atoms with Gasteiger partial charge in [-0.25, -0.2) is 4.79 Å². The molecule has 1 fully saturated rings. The fraction of sp³-hybridized carbons (Fsp3) is 0.545. The van der Waals surface area contributed by atoms with Gasteiger partial charge in [-0.05, 0) is 25.0 Å². The van der Waals surface area contributed by atoms with Crippen molar-refractivity contribution in [2.75, 3.05) is 24.7 Å². The first-order valence-corrected chi connectivity index (χ1v) is 10.7. The van der Waals surface area contributed by atoms with E-state index in [1.54, 1.807) is 25.1 Å². The summed E-state index contributed by atoms with van der Waals surface area (Å²) in [5.41, 5.74) is 0.609. The number of carboxylic acids is 1. The first kappa shape index (κ1) is 23.4. The molecule has 3 rings (SSSR count). The quantitative estimate of drug-likeness (QED) is 0.540. The predicted molar refractivity (Wildman–Crippen MR) is 115 cm³/mol. The minimum atomic E-state index is -1.12. The summed E-state index contributed by atoms with van der Waals surface area (Å²) in [6, 6.07) is 3.21. The summed E-state index contributed by atoms with van der Waals surface area (Å²) >= 11 is 0. The Bertz CT molecular complexity index is 904. The summed E-state index contributed by atoms with van der Waals surface area (Å²) in [6.45, 7) is 6.12. The molecular weight excluding hydrogens is 418 g/mol. The summed E-state index contributed by atoms with van der Waals surface area (Å²) < 4.78 is 11.0. The maximum atomic E-state index is 12.7. The van der Waals surface area contributed by atoms with Gasteiger partial charge < -0.3 is 30.1 Å². The summed E-state index contributed by atoms with van der Waals surface area (Å²) in [7, 11) is 0. The van der Waals surface area contributed by atoms with Crippen molar-refractivity contribution in [2.24, 2.45) is 11.8 Å². The van der Waals surface area contributed by atoms with E-state index in [1.165, 1.54) is 11.8 Å². The molecule has 2 heterocycles. The highest BCUT2D eigenvalue weighted by molar-refractivity contribution is 6.01. The number of amides is 3. The van der Waals surface area contributed by atoms with Crippen LogP contribution in [0.25, 0.3) is 0 Å². The Morgan fingerprint density at radius 2 is 1.84 bits per heavy atom. The molecule has 32 heavy (non-hydrogen) atoms. The van der Waals surface area contributed by atoms with Gasteiger partial charge in [-0.1, -0.05) is 20.3 Å². The van der Waals surface area contributed by atoms with E-state index in [0.29, 0.717) is 36.8 Å². The fourth-order valence-corrected chi connectivity index (χ4v) is 3.69. The number of fused-ring (bicyclic) bond motifs is 1. The number of benzene rings is 1. The lowest BCUT2D eigenvalue weighted by Gasteiger charge is -2.23. The van der Waals surface area contributed by atoms with Crippen molar-refractivity contribution < 1.29 is 33.8 Å². The summed E-state index contributed by atoms with van der Waals surface area (Å²) in [5, 5.41) is 14.4. The molecule has 10 heteroatoms. The number of rotatable bonds is 8. The first-order chi connectivity index (χ1) is 15.2. The van der Waals surface area contributed by atoms with Crippen molar-refractivity contribution in [3.63, 3.8) is 0 Å². The lowest BCUT2D eigenvalue weighted by Crippen LogP contribution is -2.53. The zero-order chi connectivity index (χ0) is 23.4. The van der Waals surface area contributed by atoms with Gasteiger partial charge >= 0.3 is 5.97 Å².